The van der Waals surface area contributed by atoms with Crippen molar-refractivity contribution in [2.45, 2.75) is 6.54 Å². The molecule has 2 aromatic carbocycles. The summed E-state index contributed by atoms with van der Waals surface area (Å²) in [5.41, 5.74) is 2.89. The molecule has 0 bridgehead atoms. The molecule has 2 aromatic heterocycles. The van der Waals surface area contributed by atoms with Crippen molar-refractivity contribution in [3.8, 4) is 22.0 Å². The van der Waals surface area contributed by atoms with Gasteiger partial charge in [-0.05, 0) is 41.4 Å². The molecule has 0 radical (unpaired) electrons. The van der Waals surface area contributed by atoms with Gasteiger partial charge in [0, 0.05) is 10.6 Å². The van der Waals surface area contributed by atoms with E-state index >= 15 is 0 Å². The van der Waals surface area contributed by atoms with E-state index in [1.807, 2.05) is 59.2 Å². The van der Waals surface area contributed by atoms with Crippen LogP contribution < -0.4 is 0 Å². The molecular weight excluding hydrogens is 374 g/mol. The van der Waals surface area contributed by atoms with Crippen LogP contribution in [0, 0.1) is 4.77 Å². The molecule has 0 fully saturated rings. The normalized spacial score (nSPS) is 10.9. The molecule has 0 unspecified atom stereocenters. The van der Waals surface area contributed by atoms with Gasteiger partial charge < -0.3 is 0 Å². The van der Waals surface area contributed by atoms with E-state index in [1.165, 1.54) is 11.5 Å². The van der Waals surface area contributed by atoms with E-state index in [0.29, 0.717) is 16.3 Å². The first-order valence-electron chi connectivity index (χ1n) is 7.50. The number of hydrogen-bond donors (Lipinski definition) is 1. The number of rotatable bonds is 4. The van der Waals surface area contributed by atoms with Gasteiger partial charge in [-0.2, -0.15) is 5.10 Å². The molecule has 0 saturated heterocycles. The van der Waals surface area contributed by atoms with Crippen molar-refractivity contribution in [3.63, 3.8) is 0 Å². The minimum atomic E-state index is 0.553. The maximum Gasteiger partial charge on any atom is 0.195 e. The molecule has 0 atom stereocenters. The molecule has 0 spiro atoms. The smallest absolute Gasteiger partial charge is 0.195 e. The lowest BCUT2D eigenvalue weighted by Crippen LogP contribution is -2.02. The molecule has 0 aliphatic carbocycles. The SMILES string of the molecule is S=c1[nH]nc(-c2snnc2-c2ccccc2)n1Cc1ccc(Cl)cc1. The van der Waals surface area contributed by atoms with Gasteiger partial charge in [0.1, 0.15) is 10.6 Å². The highest BCUT2D eigenvalue weighted by molar-refractivity contribution is 7.71. The average Bonchev–Trinajstić information content (AvgIpc) is 3.25. The summed E-state index contributed by atoms with van der Waals surface area (Å²) < 4.78 is 6.61. The van der Waals surface area contributed by atoms with Crippen molar-refractivity contribution in [3.05, 3.63) is 70.0 Å². The van der Waals surface area contributed by atoms with Crippen molar-refractivity contribution in [2.24, 2.45) is 0 Å². The van der Waals surface area contributed by atoms with Gasteiger partial charge in [-0.15, -0.1) is 5.10 Å². The van der Waals surface area contributed by atoms with E-state index in [0.717, 1.165) is 27.5 Å². The van der Waals surface area contributed by atoms with Crippen LogP contribution in [0.15, 0.2) is 54.6 Å². The molecule has 2 heterocycles. The summed E-state index contributed by atoms with van der Waals surface area (Å²) in [5, 5.41) is 12.3. The Hall–Kier alpha value is -2.35. The van der Waals surface area contributed by atoms with Crippen molar-refractivity contribution in [1.29, 1.82) is 0 Å². The second-order valence-corrected chi connectivity index (χ2v) is 6.96. The Balaban J connectivity index is 1.77. The Morgan fingerprint density at radius 1 is 1.08 bits per heavy atom. The highest BCUT2D eigenvalue weighted by atomic mass is 35.5. The van der Waals surface area contributed by atoms with E-state index < -0.39 is 0 Å². The van der Waals surface area contributed by atoms with Crippen LogP contribution in [0.1, 0.15) is 5.56 Å². The van der Waals surface area contributed by atoms with Crippen molar-refractivity contribution < 1.29 is 0 Å². The number of H-pyrrole nitrogens is 1. The Morgan fingerprint density at radius 2 is 1.84 bits per heavy atom. The number of aromatic nitrogens is 5. The molecule has 1 N–H and O–H groups in total. The number of nitrogens with one attached hydrogen (secondary N) is 1. The van der Waals surface area contributed by atoms with Gasteiger partial charge in [-0.25, -0.2) is 0 Å². The summed E-state index contributed by atoms with van der Waals surface area (Å²) in [6.45, 7) is 0.591. The van der Waals surface area contributed by atoms with Crippen LogP contribution in [0.25, 0.3) is 22.0 Å². The second kappa shape index (κ2) is 6.87. The predicted octanol–water partition coefficient (Wildman–Crippen LogP) is 4.83. The molecular formula is C17H12ClN5S2. The Labute approximate surface area is 158 Å². The molecule has 0 saturated carbocycles. The average molecular weight is 386 g/mol. The lowest BCUT2D eigenvalue weighted by Gasteiger charge is -2.07. The second-order valence-electron chi connectivity index (χ2n) is 5.38. The van der Waals surface area contributed by atoms with Crippen LogP contribution in [0.5, 0.6) is 0 Å². The van der Waals surface area contributed by atoms with E-state index in [9.17, 15) is 0 Å². The van der Waals surface area contributed by atoms with Crippen LogP contribution >= 0.6 is 35.4 Å². The zero-order chi connectivity index (χ0) is 17.2. The fraction of sp³-hybridized carbons (Fsp3) is 0.0588. The van der Waals surface area contributed by atoms with Gasteiger partial charge >= 0.3 is 0 Å². The highest BCUT2D eigenvalue weighted by Gasteiger charge is 2.18. The summed E-state index contributed by atoms with van der Waals surface area (Å²) in [6.07, 6.45) is 0. The lowest BCUT2D eigenvalue weighted by molar-refractivity contribution is 0.792. The first-order valence-corrected chi connectivity index (χ1v) is 9.06. The van der Waals surface area contributed by atoms with Gasteiger partial charge in [0.25, 0.3) is 0 Å². The summed E-state index contributed by atoms with van der Waals surface area (Å²) >= 11 is 12.7. The summed E-state index contributed by atoms with van der Waals surface area (Å²) in [7, 11) is 0. The monoisotopic (exact) mass is 385 g/mol. The molecule has 124 valence electrons. The van der Waals surface area contributed by atoms with Gasteiger partial charge in [0.15, 0.2) is 10.6 Å². The first-order chi connectivity index (χ1) is 12.2. The maximum atomic E-state index is 5.97. The van der Waals surface area contributed by atoms with Crippen molar-refractivity contribution >= 4 is 35.4 Å². The molecule has 5 nitrogen and oxygen atoms in total. The van der Waals surface area contributed by atoms with Crippen LogP contribution in [-0.2, 0) is 6.54 Å². The summed E-state index contributed by atoms with van der Waals surface area (Å²) in [6, 6.07) is 17.6. The molecule has 4 rings (SSSR count). The number of hydrogen-bond acceptors (Lipinski definition) is 5. The predicted molar refractivity (Wildman–Crippen MR) is 102 cm³/mol. The molecule has 8 heteroatoms. The maximum absolute atomic E-state index is 5.97. The minimum Gasteiger partial charge on any atom is -0.295 e. The topological polar surface area (TPSA) is 59.4 Å². The number of nitrogens with zero attached hydrogens (tertiary/aromatic N) is 4. The van der Waals surface area contributed by atoms with E-state index in [4.69, 9.17) is 23.8 Å². The molecule has 4 aromatic rings. The van der Waals surface area contributed by atoms with Gasteiger partial charge in [0.05, 0.1) is 6.54 Å². The molecule has 0 aliphatic heterocycles. The molecule has 0 amide bonds. The third-order valence-electron chi connectivity index (χ3n) is 3.75. The molecule has 25 heavy (non-hydrogen) atoms. The summed E-state index contributed by atoms with van der Waals surface area (Å²) in [4.78, 5) is 0.882. The van der Waals surface area contributed by atoms with Crippen LogP contribution in [0.3, 0.4) is 0 Å². The Kier molecular flexibility index (Phi) is 4.44. The largest absolute Gasteiger partial charge is 0.295 e. The fourth-order valence-electron chi connectivity index (χ4n) is 2.53. The van der Waals surface area contributed by atoms with E-state index in [-0.39, 0.29) is 0 Å². The third-order valence-corrected chi connectivity index (χ3v) is 5.04. The van der Waals surface area contributed by atoms with E-state index in [1.54, 1.807) is 0 Å². The van der Waals surface area contributed by atoms with Crippen molar-refractivity contribution in [2.75, 3.05) is 0 Å². The quantitative estimate of drug-likeness (QED) is 0.511. The Morgan fingerprint density at radius 3 is 2.60 bits per heavy atom. The minimum absolute atomic E-state index is 0.553. The number of halogens is 1. The zero-order valence-corrected chi connectivity index (χ0v) is 15.3. The number of aromatic amines is 1. The van der Waals surface area contributed by atoms with Gasteiger partial charge in [-0.1, -0.05) is 58.6 Å². The van der Waals surface area contributed by atoms with Crippen LogP contribution in [0.4, 0.5) is 0 Å². The summed E-state index contributed by atoms with van der Waals surface area (Å²) in [5.74, 6) is 0.730. The van der Waals surface area contributed by atoms with E-state index in [2.05, 4.69) is 19.8 Å². The Bertz CT molecular complexity index is 1050. The first kappa shape index (κ1) is 16.1. The standard InChI is InChI=1S/C17H12ClN5S2/c18-13-8-6-11(7-9-13)10-23-16(20-21-17(23)24)15-14(19-22-25-15)12-4-2-1-3-5-12/h1-9H,10H2,(H,21,24). The van der Waals surface area contributed by atoms with Gasteiger partial charge in [0.2, 0.25) is 0 Å². The molecule has 0 aliphatic rings. The van der Waals surface area contributed by atoms with Crippen molar-refractivity contribution in [1.82, 2.24) is 24.4 Å². The zero-order valence-electron chi connectivity index (χ0n) is 12.9. The highest BCUT2D eigenvalue weighted by Crippen LogP contribution is 2.32. The van der Waals surface area contributed by atoms with Gasteiger partial charge in [-0.3, -0.25) is 9.67 Å². The van der Waals surface area contributed by atoms with Crippen LogP contribution in [0.2, 0.25) is 5.02 Å². The number of benzene rings is 2. The lowest BCUT2D eigenvalue weighted by atomic mass is 10.1. The van der Waals surface area contributed by atoms with Crippen LogP contribution in [-0.4, -0.2) is 24.4 Å². The third kappa shape index (κ3) is 3.26. The fourth-order valence-corrected chi connectivity index (χ4v) is 3.54.